The number of aliphatic hydroxyl groups is 1. The van der Waals surface area contributed by atoms with Crippen LogP contribution in [0.5, 0.6) is 0 Å². The molecule has 5 heteroatoms. The zero-order valence-electron chi connectivity index (χ0n) is 11.5. The Labute approximate surface area is 124 Å². The van der Waals surface area contributed by atoms with E-state index in [4.69, 9.17) is 9.84 Å². The molecule has 1 aliphatic rings. The molecule has 1 fully saturated rings. The maximum absolute atomic E-state index is 12.0. The van der Waals surface area contributed by atoms with Gasteiger partial charge in [0.2, 0.25) is 0 Å². The Balaban J connectivity index is 1.69. The van der Waals surface area contributed by atoms with Crippen LogP contribution in [0, 0.1) is 5.92 Å². The van der Waals surface area contributed by atoms with E-state index in [2.05, 4.69) is 0 Å². The highest BCUT2D eigenvalue weighted by Gasteiger charge is 2.26. The van der Waals surface area contributed by atoms with Crippen molar-refractivity contribution in [2.45, 2.75) is 13.0 Å². The number of rotatable bonds is 6. The molecular weight excluding hydrogens is 274 g/mol. The van der Waals surface area contributed by atoms with E-state index in [0.29, 0.717) is 12.5 Å². The average Bonchev–Trinajstić information content (AvgIpc) is 2.95. The number of ether oxygens (including phenoxy) is 1. The first kappa shape index (κ1) is 15.2. The molecule has 0 saturated carbocycles. The Hall–Kier alpha value is -1.20. The van der Waals surface area contributed by atoms with Crippen molar-refractivity contribution in [3.8, 4) is 0 Å². The molecule has 0 aromatic heterocycles. The van der Waals surface area contributed by atoms with Crippen molar-refractivity contribution < 1.29 is 14.6 Å². The molecule has 0 unspecified atom stereocenters. The van der Waals surface area contributed by atoms with Gasteiger partial charge in [0.15, 0.2) is 0 Å². The quantitative estimate of drug-likeness (QED) is 0.819. The predicted molar refractivity (Wildman–Crippen MR) is 80.7 cm³/mol. The molecule has 1 N–H and O–H groups in total. The van der Waals surface area contributed by atoms with E-state index in [1.54, 1.807) is 16.7 Å². The molecule has 1 atom stereocenters. The molecule has 20 heavy (non-hydrogen) atoms. The smallest absolute Gasteiger partial charge is 0.410 e. The molecule has 1 aliphatic heterocycles. The van der Waals surface area contributed by atoms with Crippen LogP contribution in [0.3, 0.4) is 0 Å². The summed E-state index contributed by atoms with van der Waals surface area (Å²) in [6.45, 7) is 2.10. The molecule has 4 nitrogen and oxygen atoms in total. The molecular formula is C15H21NO3S. The molecule has 1 heterocycles. The van der Waals surface area contributed by atoms with Crippen molar-refractivity contribution in [1.29, 1.82) is 0 Å². The van der Waals surface area contributed by atoms with Crippen LogP contribution in [-0.4, -0.2) is 47.3 Å². The summed E-state index contributed by atoms with van der Waals surface area (Å²) >= 11 is 1.75. The Morgan fingerprint density at radius 1 is 1.40 bits per heavy atom. The first-order valence-electron chi connectivity index (χ1n) is 6.94. The third kappa shape index (κ3) is 4.72. The number of hydrogen-bond donors (Lipinski definition) is 1. The van der Waals surface area contributed by atoms with E-state index in [1.807, 2.05) is 30.3 Å². The van der Waals surface area contributed by atoms with Crippen molar-refractivity contribution in [2.24, 2.45) is 5.92 Å². The molecule has 2 rings (SSSR count). The van der Waals surface area contributed by atoms with E-state index >= 15 is 0 Å². The molecule has 1 amide bonds. The van der Waals surface area contributed by atoms with E-state index in [-0.39, 0.29) is 12.7 Å². The number of carbonyl (C=O) groups is 1. The number of amides is 1. The Kier molecular flexibility index (Phi) is 6.21. The van der Waals surface area contributed by atoms with Gasteiger partial charge in [-0.1, -0.05) is 30.3 Å². The number of nitrogens with zero attached hydrogens (tertiary/aromatic N) is 1. The molecule has 0 bridgehead atoms. The first-order valence-corrected chi connectivity index (χ1v) is 8.09. The number of hydrogen-bond acceptors (Lipinski definition) is 4. The van der Waals surface area contributed by atoms with Crippen LogP contribution in [-0.2, 0) is 11.3 Å². The fourth-order valence-electron chi connectivity index (χ4n) is 2.26. The minimum atomic E-state index is -0.219. The summed E-state index contributed by atoms with van der Waals surface area (Å²) < 4.78 is 5.33. The minimum absolute atomic E-state index is 0.219. The van der Waals surface area contributed by atoms with Crippen LogP contribution >= 0.6 is 11.8 Å². The number of benzene rings is 1. The molecule has 1 saturated heterocycles. The molecule has 0 aliphatic carbocycles. The average molecular weight is 295 g/mol. The fraction of sp³-hybridized carbons (Fsp3) is 0.533. The molecule has 0 radical (unpaired) electrons. The van der Waals surface area contributed by atoms with Crippen molar-refractivity contribution in [3.05, 3.63) is 35.9 Å². The lowest BCUT2D eigenvalue weighted by molar-refractivity contribution is 0.103. The van der Waals surface area contributed by atoms with Crippen LogP contribution in [0.4, 0.5) is 4.79 Å². The van der Waals surface area contributed by atoms with Crippen molar-refractivity contribution >= 4 is 17.9 Å². The summed E-state index contributed by atoms with van der Waals surface area (Å²) in [6, 6.07) is 9.72. The molecule has 1 aromatic rings. The monoisotopic (exact) mass is 295 g/mol. The van der Waals surface area contributed by atoms with Gasteiger partial charge in [-0.05, 0) is 23.7 Å². The minimum Gasteiger partial charge on any atom is -0.445 e. The maximum Gasteiger partial charge on any atom is 0.410 e. The van der Waals surface area contributed by atoms with Gasteiger partial charge < -0.3 is 14.7 Å². The second kappa shape index (κ2) is 8.17. The van der Waals surface area contributed by atoms with Gasteiger partial charge in [0, 0.05) is 18.8 Å². The number of carbonyl (C=O) groups excluding carboxylic acids is 1. The Morgan fingerprint density at radius 3 is 2.95 bits per heavy atom. The zero-order valence-corrected chi connectivity index (χ0v) is 12.3. The highest BCUT2D eigenvalue weighted by molar-refractivity contribution is 7.99. The van der Waals surface area contributed by atoms with Gasteiger partial charge in [0.1, 0.15) is 6.61 Å². The van der Waals surface area contributed by atoms with Gasteiger partial charge in [-0.25, -0.2) is 4.79 Å². The van der Waals surface area contributed by atoms with Gasteiger partial charge in [-0.2, -0.15) is 11.8 Å². The second-order valence-electron chi connectivity index (χ2n) is 4.94. The van der Waals surface area contributed by atoms with Crippen LogP contribution in [0.2, 0.25) is 0 Å². The standard InChI is InChI=1S/C15H21NO3S/c17-8-9-20-12-14-6-7-16(10-14)15(18)19-11-13-4-2-1-3-5-13/h1-5,14,17H,6-12H2/t14-/m0/s1. The highest BCUT2D eigenvalue weighted by Crippen LogP contribution is 2.21. The summed E-state index contributed by atoms with van der Waals surface area (Å²) in [4.78, 5) is 13.7. The maximum atomic E-state index is 12.0. The highest BCUT2D eigenvalue weighted by atomic mass is 32.2. The van der Waals surface area contributed by atoms with Crippen LogP contribution in [0.25, 0.3) is 0 Å². The van der Waals surface area contributed by atoms with E-state index in [1.165, 1.54) is 0 Å². The normalized spacial score (nSPS) is 18.2. The van der Waals surface area contributed by atoms with Gasteiger partial charge in [0.25, 0.3) is 0 Å². The van der Waals surface area contributed by atoms with E-state index < -0.39 is 0 Å². The summed E-state index contributed by atoms with van der Waals surface area (Å²) in [6.07, 6.45) is 0.808. The predicted octanol–water partition coefficient (Wildman–Crippen LogP) is 2.37. The summed E-state index contributed by atoms with van der Waals surface area (Å²) in [7, 11) is 0. The lowest BCUT2D eigenvalue weighted by Crippen LogP contribution is -2.29. The first-order chi connectivity index (χ1) is 9.79. The lowest BCUT2D eigenvalue weighted by atomic mass is 10.2. The molecule has 0 spiro atoms. The number of aliphatic hydroxyl groups excluding tert-OH is 1. The summed E-state index contributed by atoms with van der Waals surface area (Å²) in [5, 5.41) is 8.75. The third-order valence-electron chi connectivity index (χ3n) is 3.34. The van der Waals surface area contributed by atoms with Gasteiger partial charge in [-0.15, -0.1) is 0 Å². The second-order valence-corrected chi connectivity index (χ2v) is 6.09. The Bertz CT molecular complexity index is 413. The molecule has 1 aromatic carbocycles. The molecule has 110 valence electrons. The SMILES string of the molecule is O=C(OCc1ccccc1)N1CC[C@H](CSCCO)C1. The van der Waals surface area contributed by atoms with Gasteiger partial charge in [-0.3, -0.25) is 0 Å². The van der Waals surface area contributed by atoms with Crippen molar-refractivity contribution in [3.63, 3.8) is 0 Å². The van der Waals surface area contributed by atoms with Crippen LogP contribution in [0.1, 0.15) is 12.0 Å². The van der Waals surface area contributed by atoms with Crippen molar-refractivity contribution in [1.82, 2.24) is 4.90 Å². The topological polar surface area (TPSA) is 49.8 Å². The zero-order chi connectivity index (χ0) is 14.2. The third-order valence-corrected chi connectivity index (χ3v) is 4.52. The largest absolute Gasteiger partial charge is 0.445 e. The van der Waals surface area contributed by atoms with Crippen LogP contribution < -0.4 is 0 Å². The van der Waals surface area contributed by atoms with Gasteiger partial charge in [0.05, 0.1) is 6.61 Å². The Morgan fingerprint density at radius 2 is 2.20 bits per heavy atom. The number of thioether (sulfide) groups is 1. The van der Waals surface area contributed by atoms with Crippen LogP contribution in [0.15, 0.2) is 30.3 Å². The fourth-order valence-corrected chi connectivity index (χ4v) is 3.16. The summed E-state index contributed by atoms with van der Waals surface area (Å²) in [5.41, 5.74) is 1.01. The summed E-state index contributed by atoms with van der Waals surface area (Å²) in [5.74, 6) is 2.30. The van der Waals surface area contributed by atoms with Crippen molar-refractivity contribution in [2.75, 3.05) is 31.2 Å². The lowest BCUT2D eigenvalue weighted by Gasteiger charge is -2.16. The van der Waals surface area contributed by atoms with E-state index in [9.17, 15) is 4.79 Å². The van der Waals surface area contributed by atoms with E-state index in [0.717, 1.165) is 36.6 Å². The number of likely N-dealkylation sites (tertiary alicyclic amines) is 1. The van der Waals surface area contributed by atoms with Gasteiger partial charge >= 0.3 is 6.09 Å².